The first kappa shape index (κ1) is 44.8. The van der Waals surface area contributed by atoms with Crippen molar-refractivity contribution in [2.45, 2.75) is 26.2 Å². The van der Waals surface area contributed by atoms with Crippen LogP contribution in [0.3, 0.4) is 0 Å². The first-order valence-corrected chi connectivity index (χ1v) is 25.8. The molecule has 11 aromatic rings. The lowest BCUT2D eigenvalue weighted by atomic mass is 9.33. The van der Waals surface area contributed by atoms with Crippen LogP contribution in [0.1, 0.15) is 26.3 Å². The quantitative estimate of drug-likeness (QED) is 0.134. The molecule has 0 aromatic heterocycles. The highest BCUT2D eigenvalue weighted by Crippen LogP contribution is 2.52. The Balaban J connectivity index is 1.20. The third kappa shape index (κ3) is 7.87. The molecule has 352 valence electrons. The van der Waals surface area contributed by atoms with Crippen molar-refractivity contribution in [1.82, 2.24) is 0 Å². The van der Waals surface area contributed by atoms with Crippen molar-refractivity contribution >= 4 is 74.3 Å². The molecule has 2 heterocycles. The van der Waals surface area contributed by atoms with Crippen molar-refractivity contribution in [2.75, 3.05) is 14.7 Å². The van der Waals surface area contributed by atoms with Gasteiger partial charge < -0.3 is 14.7 Å². The Kier molecular flexibility index (Phi) is 11.2. The normalized spacial score (nSPS) is 12.4. The van der Waals surface area contributed by atoms with Crippen LogP contribution in [0.2, 0.25) is 0 Å². The van der Waals surface area contributed by atoms with Gasteiger partial charge >= 0.3 is 0 Å². The Morgan fingerprint density at radius 2 is 0.797 bits per heavy atom. The Morgan fingerprint density at radius 3 is 1.34 bits per heavy atom. The van der Waals surface area contributed by atoms with Gasteiger partial charge in [0.15, 0.2) is 0 Å². The van der Waals surface area contributed by atoms with Crippen molar-refractivity contribution in [3.63, 3.8) is 0 Å². The zero-order chi connectivity index (χ0) is 49.8. The lowest BCUT2D eigenvalue weighted by molar-refractivity contribution is 0.591. The second kappa shape index (κ2) is 18.5. The molecule has 0 fully saturated rings. The summed E-state index contributed by atoms with van der Waals surface area (Å²) in [6.45, 7) is 6.90. The number of rotatable bonds is 9. The van der Waals surface area contributed by atoms with Gasteiger partial charge in [-0.15, -0.1) is 0 Å². The molecule has 0 aliphatic carbocycles. The molecule has 4 heteroatoms. The minimum atomic E-state index is -0.109. The summed E-state index contributed by atoms with van der Waals surface area (Å²) in [6, 6.07) is 101. The van der Waals surface area contributed by atoms with E-state index in [1.165, 1.54) is 50.0 Å². The van der Waals surface area contributed by atoms with Crippen molar-refractivity contribution < 1.29 is 0 Å². The highest BCUT2D eigenvalue weighted by molar-refractivity contribution is 7.00. The number of anilines is 9. The minimum Gasteiger partial charge on any atom is -0.311 e. The monoisotopic (exact) mass is 947 g/mol. The van der Waals surface area contributed by atoms with E-state index in [4.69, 9.17) is 0 Å². The summed E-state index contributed by atoms with van der Waals surface area (Å²) >= 11 is 0. The van der Waals surface area contributed by atoms with Crippen molar-refractivity contribution in [1.29, 1.82) is 0 Å². The van der Waals surface area contributed by atoms with Gasteiger partial charge in [0.05, 0.1) is 11.4 Å². The van der Waals surface area contributed by atoms with Gasteiger partial charge in [0, 0.05) is 50.9 Å². The van der Waals surface area contributed by atoms with Gasteiger partial charge in [-0.2, -0.15) is 0 Å². The molecule has 0 amide bonds. The third-order valence-electron chi connectivity index (χ3n) is 15.0. The maximum absolute atomic E-state index is 2.63. The van der Waals surface area contributed by atoms with Crippen LogP contribution in [0.15, 0.2) is 273 Å². The molecular formula is C70H54BN3. The summed E-state index contributed by atoms with van der Waals surface area (Å²) < 4.78 is 0. The maximum atomic E-state index is 2.63. The van der Waals surface area contributed by atoms with E-state index in [0.717, 1.165) is 67.6 Å². The fraction of sp³-hybridized carbons (Fsp3) is 0.0571. The van der Waals surface area contributed by atoms with Crippen LogP contribution in [0, 0.1) is 0 Å². The molecule has 2 aliphatic rings. The Hall–Kier alpha value is -9.12. The van der Waals surface area contributed by atoms with Crippen molar-refractivity contribution in [3.8, 4) is 44.5 Å². The van der Waals surface area contributed by atoms with Gasteiger partial charge in [-0.25, -0.2) is 0 Å². The van der Waals surface area contributed by atoms with Gasteiger partial charge in [-0.05, 0) is 121 Å². The highest BCUT2D eigenvalue weighted by Gasteiger charge is 2.45. The Morgan fingerprint density at radius 1 is 0.324 bits per heavy atom. The van der Waals surface area contributed by atoms with Gasteiger partial charge in [0.1, 0.15) is 0 Å². The van der Waals surface area contributed by atoms with E-state index in [1.807, 2.05) is 0 Å². The number of fused-ring (bicyclic) bond motifs is 4. The lowest BCUT2D eigenvalue weighted by Crippen LogP contribution is -2.61. The van der Waals surface area contributed by atoms with Crippen LogP contribution in [-0.2, 0) is 5.41 Å². The van der Waals surface area contributed by atoms with Crippen LogP contribution < -0.4 is 31.1 Å². The SMILES string of the molecule is CC(C)(C)c1ccc2c(c1)B1c3ccc(-c4ccccc4)cc3N(c3cccc(-c4ccccc4)c3)c3cc(N(c4ccccc4)c4ccccc4)cc(c31)N2c1c(-c2ccccc2)cccc1-c1ccccc1. The number of para-hydroxylation sites is 3. The van der Waals surface area contributed by atoms with E-state index in [0.29, 0.717) is 0 Å². The van der Waals surface area contributed by atoms with E-state index in [9.17, 15) is 0 Å². The predicted molar refractivity (Wildman–Crippen MR) is 316 cm³/mol. The number of hydrogen-bond acceptors (Lipinski definition) is 3. The van der Waals surface area contributed by atoms with Crippen LogP contribution >= 0.6 is 0 Å². The first-order chi connectivity index (χ1) is 36.4. The first-order valence-electron chi connectivity index (χ1n) is 25.8. The molecule has 11 aromatic carbocycles. The zero-order valence-electron chi connectivity index (χ0n) is 41.9. The summed E-state index contributed by atoms with van der Waals surface area (Å²) in [4.78, 5) is 7.62. The molecule has 0 unspecified atom stereocenters. The standard InChI is InChI=1S/C70H54BN3/c1-70(2,3)55-41-43-64-63(46-55)71-62-42-40-54(50-26-12-5-13-27-50)45-65(62)73(58-37-22-32-53(44-58)49-24-10-4-11-25-49)66-47-59(72(56-33-18-8-19-34-56)57-35-20-9-21-36-57)48-67(68(66)71)74(64)69-60(51-28-14-6-15-29-51)38-23-39-61(69)52-30-16-7-17-31-52/h4-48H,1-3H3. The van der Waals surface area contributed by atoms with Crippen LogP contribution in [0.4, 0.5) is 51.2 Å². The minimum absolute atomic E-state index is 0.103. The molecule has 0 saturated heterocycles. The van der Waals surface area contributed by atoms with Gasteiger partial charge in [0.25, 0.3) is 6.71 Å². The maximum Gasteiger partial charge on any atom is 0.252 e. The fourth-order valence-corrected chi connectivity index (χ4v) is 11.5. The van der Waals surface area contributed by atoms with Crippen molar-refractivity contribution in [2.24, 2.45) is 0 Å². The van der Waals surface area contributed by atoms with Crippen LogP contribution in [-0.4, -0.2) is 6.71 Å². The Labute approximate surface area is 436 Å². The summed E-state index contributed by atoms with van der Waals surface area (Å²) in [5.41, 5.74) is 24.4. The number of nitrogens with zero attached hydrogens (tertiary/aromatic N) is 3. The van der Waals surface area contributed by atoms with E-state index in [2.05, 4.69) is 308 Å². The van der Waals surface area contributed by atoms with Crippen LogP contribution in [0.25, 0.3) is 44.5 Å². The molecule has 0 atom stereocenters. The summed E-state index contributed by atoms with van der Waals surface area (Å²) in [6.07, 6.45) is 0. The van der Waals surface area contributed by atoms with Crippen molar-refractivity contribution in [3.05, 3.63) is 279 Å². The fourth-order valence-electron chi connectivity index (χ4n) is 11.5. The van der Waals surface area contributed by atoms with Gasteiger partial charge in [0.2, 0.25) is 0 Å². The highest BCUT2D eigenvalue weighted by atomic mass is 15.2. The van der Waals surface area contributed by atoms with Gasteiger partial charge in [-0.3, -0.25) is 0 Å². The molecule has 3 nitrogen and oxygen atoms in total. The summed E-state index contributed by atoms with van der Waals surface area (Å²) in [5, 5.41) is 0. The molecule has 0 saturated carbocycles. The average Bonchev–Trinajstić information content (AvgIpc) is 3.46. The lowest BCUT2D eigenvalue weighted by Gasteiger charge is -2.46. The molecule has 0 bridgehead atoms. The largest absolute Gasteiger partial charge is 0.311 e. The van der Waals surface area contributed by atoms with Crippen LogP contribution in [0.5, 0.6) is 0 Å². The second-order valence-electron chi connectivity index (χ2n) is 20.5. The smallest absolute Gasteiger partial charge is 0.252 e. The van der Waals surface area contributed by atoms with Gasteiger partial charge in [-0.1, -0.05) is 233 Å². The molecule has 74 heavy (non-hydrogen) atoms. The molecular weight excluding hydrogens is 894 g/mol. The molecule has 2 aliphatic heterocycles. The molecule has 0 N–H and O–H groups in total. The van der Waals surface area contributed by atoms with E-state index in [1.54, 1.807) is 0 Å². The van der Waals surface area contributed by atoms with E-state index < -0.39 is 0 Å². The number of hydrogen-bond donors (Lipinski definition) is 0. The predicted octanol–water partition coefficient (Wildman–Crippen LogP) is 17.2. The van der Waals surface area contributed by atoms with E-state index >= 15 is 0 Å². The zero-order valence-corrected chi connectivity index (χ0v) is 41.9. The second-order valence-corrected chi connectivity index (χ2v) is 20.5. The average molecular weight is 948 g/mol. The topological polar surface area (TPSA) is 9.72 Å². The third-order valence-corrected chi connectivity index (χ3v) is 15.0. The summed E-state index contributed by atoms with van der Waals surface area (Å²) in [5.74, 6) is 0. The van der Waals surface area contributed by atoms with E-state index in [-0.39, 0.29) is 12.1 Å². The molecule has 13 rings (SSSR count). The molecule has 0 radical (unpaired) electrons. The number of benzene rings is 11. The Bertz CT molecular complexity index is 3720. The molecule has 0 spiro atoms. The summed E-state index contributed by atoms with van der Waals surface area (Å²) in [7, 11) is 0.